The van der Waals surface area contributed by atoms with Crippen LogP contribution in [-0.4, -0.2) is 24.9 Å². The highest BCUT2D eigenvalue weighted by Crippen LogP contribution is 2.19. The minimum Gasteiger partial charge on any atom is -0.350 e. The average Bonchev–Trinajstić information content (AvgIpc) is 2.51. The quantitative estimate of drug-likeness (QED) is 0.789. The smallest absolute Gasteiger partial charge is 0.255 e. The number of benzene rings is 2. The van der Waals surface area contributed by atoms with E-state index < -0.39 is 23.4 Å². The van der Waals surface area contributed by atoms with Gasteiger partial charge in [0.25, 0.3) is 11.8 Å². The second-order valence-corrected chi connectivity index (χ2v) is 5.52. The fourth-order valence-corrected chi connectivity index (χ4v) is 2.46. The molecule has 0 aliphatic rings. The molecule has 0 saturated carbocycles. The van der Waals surface area contributed by atoms with Gasteiger partial charge >= 0.3 is 0 Å². The van der Waals surface area contributed by atoms with Gasteiger partial charge in [-0.15, -0.1) is 0 Å². The Balaban J connectivity index is 1.89. The molecule has 0 aromatic heterocycles. The van der Waals surface area contributed by atoms with Crippen LogP contribution in [0.1, 0.15) is 20.7 Å². The first-order valence-electron chi connectivity index (χ1n) is 6.86. The zero-order chi connectivity index (χ0) is 17.7. The Bertz CT molecular complexity index is 679. The lowest BCUT2D eigenvalue weighted by molar-refractivity contribution is 0.0923. The van der Waals surface area contributed by atoms with E-state index in [-0.39, 0.29) is 34.3 Å². The summed E-state index contributed by atoms with van der Waals surface area (Å²) in [7, 11) is 0. The molecule has 0 saturated heterocycles. The summed E-state index contributed by atoms with van der Waals surface area (Å²) >= 11 is 11.6. The molecule has 2 rings (SSSR count). The van der Waals surface area contributed by atoms with E-state index in [0.717, 1.165) is 12.1 Å². The fraction of sp³-hybridized carbons (Fsp3) is 0.125. The van der Waals surface area contributed by atoms with Crippen LogP contribution in [0.3, 0.4) is 0 Å². The Labute approximate surface area is 146 Å². The van der Waals surface area contributed by atoms with Crippen molar-refractivity contribution >= 4 is 35.0 Å². The van der Waals surface area contributed by atoms with Gasteiger partial charge in [0.05, 0.1) is 21.2 Å². The molecule has 4 nitrogen and oxygen atoms in total. The lowest BCUT2D eigenvalue weighted by atomic mass is 10.2. The highest BCUT2D eigenvalue weighted by Gasteiger charge is 2.17. The van der Waals surface area contributed by atoms with Crippen molar-refractivity contribution < 1.29 is 18.4 Å². The van der Waals surface area contributed by atoms with Crippen molar-refractivity contribution in [3.05, 3.63) is 69.2 Å². The van der Waals surface area contributed by atoms with Crippen molar-refractivity contribution in [2.45, 2.75) is 0 Å². The Morgan fingerprint density at radius 2 is 1.17 bits per heavy atom. The van der Waals surface area contributed by atoms with Gasteiger partial charge in [-0.05, 0) is 24.3 Å². The van der Waals surface area contributed by atoms with Crippen LogP contribution in [0.2, 0.25) is 10.0 Å². The van der Waals surface area contributed by atoms with Crippen LogP contribution in [0, 0.1) is 11.6 Å². The highest BCUT2D eigenvalue weighted by atomic mass is 35.5. The number of rotatable bonds is 5. The van der Waals surface area contributed by atoms with E-state index in [0.29, 0.717) is 0 Å². The van der Waals surface area contributed by atoms with Crippen LogP contribution in [0.4, 0.5) is 8.78 Å². The zero-order valence-electron chi connectivity index (χ0n) is 12.2. The molecule has 2 aromatic rings. The number of hydrogen-bond acceptors (Lipinski definition) is 2. The Hall–Kier alpha value is -2.18. The summed E-state index contributed by atoms with van der Waals surface area (Å²) in [5.41, 5.74) is -0.551. The molecule has 0 unspecified atom stereocenters. The SMILES string of the molecule is O=C(NCCNC(=O)c1c(F)cccc1Cl)c1c(F)cccc1Cl. The number of hydrogen-bond donors (Lipinski definition) is 2. The lowest BCUT2D eigenvalue weighted by Gasteiger charge is -2.10. The topological polar surface area (TPSA) is 58.2 Å². The molecule has 0 atom stereocenters. The zero-order valence-corrected chi connectivity index (χ0v) is 13.7. The van der Waals surface area contributed by atoms with E-state index in [4.69, 9.17) is 23.2 Å². The maximum atomic E-state index is 13.6. The van der Waals surface area contributed by atoms with Gasteiger partial charge in [-0.3, -0.25) is 9.59 Å². The molecule has 126 valence electrons. The van der Waals surface area contributed by atoms with Crippen LogP contribution >= 0.6 is 23.2 Å². The number of carbonyl (C=O) groups is 2. The van der Waals surface area contributed by atoms with Gasteiger partial charge in [0.1, 0.15) is 11.6 Å². The molecule has 2 aromatic carbocycles. The maximum absolute atomic E-state index is 13.6. The van der Waals surface area contributed by atoms with Gasteiger partial charge < -0.3 is 10.6 Å². The van der Waals surface area contributed by atoms with Crippen LogP contribution in [0.15, 0.2) is 36.4 Å². The van der Waals surface area contributed by atoms with Gasteiger partial charge in [-0.25, -0.2) is 8.78 Å². The first kappa shape index (κ1) is 18.2. The van der Waals surface area contributed by atoms with E-state index in [1.54, 1.807) is 0 Å². The summed E-state index contributed by atoms with van der Waals surface area (Å²) in [5.74, 6) is -2.92. The normalized spacial score (nSPS) is 10.3. The lowest BCUT2D eigenvalue weighted by Crippen LogP contribution is -2.35. The van der Waals surface area contributed by atoms with Gasteiger partial charge in [-0.1, -0.05) is 35.3 Å². The summed E-state index contributed by atoms with van der Waals surface area (Å²) in [6, 6.07) is 7.77. The largest absolute Gasteiger partial charge is 0.350 e. The van der Waals surface area contributed by atoms with Crippen LogP contribution < -0.4 is 10.6 Å². The van der Waals surface area contributed by atoms with Crippen molar-refractivity contribution in [2.24, 2.45) is 0 Å². The number of carbonyl (C=O) groups excluding carboxylic acids is 2. The van der Waals surface area contributed by atoms with E-state index >= 15 is 0 Å². The van der Waals surface area contributed by atoms with E-state index in [2.05, 4.69) is 10.6 Å². The van der Waals surface area contributed by atoms with Crippen molar-refractivity contribution in [3.8, 4) is 0 Å². The first-order chi connectivity index (χ1) is 11.4. The molecule has 0 radical (unpaired) electrons. The minimum atomic E-state index is -0.748. The van der Waals surface area contributed by atoms with Gasteiger partial charge in [0.2, 0.25) is 0 Å². The third kappa shape index (κ3) is 4.21. The van der Waals surface area contributed by atoms with Gasteiger partial charge in [0, 0.05) is 13.1 Å². The molecular weight excluding hydrogens is 361 g/mol. The molecule has 0 heterocycles. The number of halogens is 4. The predicted octanol–water partition coefficient (Wildman–Crippen LogP) is 3.43. The average molecular weight is 373 g/mol. The van der Waals surface area contributed by atoms with E-state index in [9.17, 15) is 18.4 Å². The molecule has 0 fully saturated rings. The second kappa shape index (κ2) is 8.08. The second-order valence-electron chi connectivity index (χ2n) is 4.71. The molecule has 0 aliphatic carbocycles. The molecule has 0 spiro atoms. The molecular formula is C16H12Cl2F2N2O2. The molecule has 2 N–H and O–H groups in total. The molecule has 0 aliphatic heterocycles. The van der Waals surface area contributed by atoms with Gasteiger partial charge in [-0.2, -0.15) is 0 Å². The Kier molecular flexibility index (Phi) is 6.11. The summed E-state index contributed by atoms with van der Waals surface area (Å²) in [4.78, 5) is 23.8. The van der Waals surface area contributed by atoms with Crippen molar-refractivity contribution in [3.63, 3.8) is 0 Å². The number of amides is 2. The van der Waals surface area contributed by atoms with E-state index in [1.165, 1.54) is 24.3 Å². The predicted molar refractivity (Wildman–Crippen MR) is 87.5 cm³/mol. The van der Waals surface area contributed by atoms with Gasteiger partial charge in [0.15, 0.2) is 0 Å². The first-order valence-corrected chi connectivity index (χ1v) is 7.62. The van der Waals surface area contributed by atoms with Crippen LogP contribution in [-0.2, 0) is 0 Å². The standard InChI is InChI=1S/C16H12Cl2F2N2O2/c17-9-3-1-5-11(19)13(9)15(23)21-7-8-22-16(24)14-10(18)4-2-6-12(14)20/h1-6H,7-8H2,(H,21,23)(H,22,24). The maximum Gasteiger partial charge on any atom is 0.255 e. The van der Waals surface area contributed by atoms with Crippen molar-refractivity contribution in [1.82, 2.24) is 10.6 Å². The fourth-order valence-electron chi connectivity index (χ4n) is 1.96. The van der Waals surface area contributed by atoms with E-state index in [1.807, 2.05) is 0 Å². The Morgan fingerprint density at radius 3 is 1.50 bits per heavy atom. The van der Waals surface area contributed by atoms with Crippen molar-refractivity contribution in [1.29, 1.82) is 0 Å². The summed E-state index contributed by atoms with van der Waals surface area (Å²) in [6.07, 6.45) is 0. The third-order valence-electron chi connectivity index (χ3n) is 3.08. The molecule has 0 bridgehead atoms. The highest BCUT2D eigenvalue weighted by molar-refractivity contribution is 6.34. The van der Waals surface area contributed by atoms with Crippen molar-refractivity contribution in [2.75, 3.05) is 13.1 Å². The summed E-state index contributed by atoms with van der Waals surface area (Å²) in [5, 5.41) is 4.79. The monoisotopic (exact) mass is 372 g/mol. The Morgan fingerprint density at radius 1 is 0.792 bits per heavy atom. The molecule has 24 heavy (non-hydrogen) atoms. The molecule has 2 amide bonds. The molecule has 8 heteroatoms. The van der Waals surface area contributed by atoms with Crippen LogP contribution in [0.5, 0.6) is 0 Å². The summed E-state index contributed by atoms with van der Waals surface area (Å²) < 4.78 is 27.2. The minimum absolute atomic E-state index is 0.00130. The number of nitrogens with one attached hydrogen (secondary N) is 2. The van der Waals surface area contributed by atoms with Crippen LogP contribution in [0.25, 0.3) is 0 Å². The third-order valence-corrected chi connectivity index (χ3v) is 3.71. The summed E-state index contributed by atoms with van der Waals surface area (Å²) in [6.45, 7) is 0.00260.